The zero-order valence-electron chi connectivity index (χ0n) is 11.7. The van der Waals surface area contributed by atoms with Crippen LogP contribution in [-0.4, -0.2) is 23.4 Å². The topological polar surface area (TPSA) is 32.3 Å². The largest absolute Gasteiger partial charge is 0.320 e. The SMILES string of the molecule is CCCC1NC(c2ccc(C)s2)N(CC2CC2)C1=O. The first-order chi connectivity index (χ1) is 9.19. The second-order valence-electron chi connectivity index (χ2n) is 5.79. The second kappa shape index (κ2) is 5.25. The molecule has 0 aromatic carbocycles. The summed E-state index contributed by atoms with van der Waals surface area (Å²) in [6.07, 6.45) is 4.69. The van der Waals surface area contributed by atoms with Gasteiger partial charge in [0.1, 0.15) is 6.17 Å². The molecule has 1 amide bonds. The van der Waals surface area contributed by atoms with Gasteiger partial charge < -0.3 is 4.90 Å². The highest BCUT2D eigenvalue weighted by molar-refractivity contribution is 7.12. The molecule has 1 aliphatic carbocycles. The summed E-state index contributed by atoms with van der Waals surface area (Å²) < 4.78 is 0. The minimum Gasteiger partial charge on any atom is -0.320 e. The van der Waals surface area contributed by atoms with Crippen LogP contribution in [0.3, 0.4) is 0 Å². The summed E-state index contributed by atoms with van der Waals surface area (Å²) in [5.41, 5.74) is 0. The minimum absolute atomic E-state index is 0.0242. The fourth-order valence-corrected chi connectivity index (χ4v) is 3.74. The number of nitrogens with one attached hydrogen (secondary N) is 1. The molecule has 2 fully saturated rings. The third-order valence-electron chi connectivity index (χ3n) is 4.01. The number of carbonyl (C=O) groups is 1. The zero-order valence-corrected chi connectivity index (χ0v) is 12.5. The Hall–Kier alpha value is -0.870. The van der Waals surface area contributed by atoms with Gasteiger partial charge in [0, 0.05) is 16.3 Å². The van der Waals surface area contributed by atoms with Crippen molar-refractivity contribution in [2.45, 2.75) is 51.7 Å². The van der Waals surface area contributed by atoms with Gasteiger partial charge in [-0.15, -0.1) is 11.3 Å². The fourth-order valence-electron chi connectivity index (χ4n) is 2.78. The summed E-state index contributed by atoms with van der Waals surface area (Å²) in [6.45, 7) is 5.20. The number of amides is 1. The van der Waals surface area contributed by atoms with E-state index in [2.05, 4.69) is 36.2 Å². The highest BCUT2D eigenvalue weighted by atomic mass is 32.1. The smallest absolute Gasteiger partial charge is 0.241 e. The van der Waals surface area contributed by atoms with Crippen LogP contribution in [0.1, 0.15) is 48.5 Å². The lowest BCUT2D eigenvalue weighted by Crippen LogP contribution is -2.32. The van der Waals surface area contributed by atoms with Crippen LogP contribution in [0.4, 0.5) is 0 Å². The van der Waals surface area contributed by atoms with Crippen molar-refractivity contribution >= 4 is 17.2 Å². The highest BCUT2D eigenvalue weighted by Gasteiger charge is 2.41. The number of carbonyl (C=O) groups excluding carboxylic acids is 1. The maximum Gasteiger partial charge on any atom is 0.241 e. The van der Waals surface area contributed by atoms with Crippen molar-refractivity contribution in [1.29, 1.82) is 0 Å². The highest BCUT2D eigenvalue weighted by Crippen LogP contribution is 2.36. The van der Waals surface area contributed by atoms with Crippen molar-refractivity contribution in [3.63, 3.8) is 0 Å². The Morgan fingerprint density at radius 1 is 1.42 bits per heavy atom. The van der Waals surface area contributed by atoms with Gasteiger partial charge in [-0.2, -0.15) is 0 Å². The number of rotatable bonds is 5. The minimum atomic E-state index is 0.0242. The van der Waals surface area contributed by atoms with Crippen LogP contribution in [0.5, 0.6) is 0 Å². The standard InChI is InChI=1S/C15H22N2OS/c1-3-4-12-15(18)17(9-11-6-7-11)14(16-12)13-8-5-10(2)19-13/h5,8,11-12,14,16H,3-4,6-7,9H2,1-2H3. The van der Waals surface area contributed by atoms with Crippen molar-refractivity contribution in [3.05, 3.63) is 21.9 Å². The molecule has 104 valence electrons. The molecule has 2 atom stereocenters. The van der Waals surface area contributed by atoms with Gasteiger partial charge in [0.2, 0.25) is 5.91 Å². The Kier molecular flexibility index (Phi) is 3.63. The molecular formula is C15H22N2OS. The van der Waals surface area contributed by atoms with E-state index in [0.29, 0.717) is 5.91 Å². The molecule has 1 aromatic rings. The van der Waals surface area contributed by atoms with Gasteiger partial charge in [-0.1, -0.05) is 13.3 Å². The van der Waals surface area contributed by atoms with Gasteiger partial charge in [0.05, 0.1) is 6.04 Å². The first-order valence-electron chi connectivity index (χ1n) is 7.32. The molecule has 0 bridgehead atoms. The van der Waals surface area contributed by atoms with Gasteiger partial charge in [-0.05, 0) is 44.2 Å². The quantitative estimate of drug-likeness (QED) is 0.898. The molecule has 1 N–H and O–H groups in total. The van der Waals surface area contributed by atoms with Gasteiger partial charge >= 0.3 is 0 Å². The van der Waals surface area contributed by atoms with Gasteiger partial charge in [-0.25, -0.2) is 0 Å². The number of aryl methyl sites for hydroxylation is 1. The lowest BCUT2D eigenvalue weighted by Gasteiger charge is -2.23. The monoisotopic (exact) mass is 278 g/mol. The predicted molar refractivity (Wildman–Crippen MR) is 78.1 cm³/mol. The molecule has 0 spiro atoms. The summed E-state index contributed by atoms with van der Waals surface area (Å²) in [4.78, 5) is 17.2. The van der Waals surface area contributed by atoms with Gasteiger partial charge in [0.15, 0.2) is 0 Å². The molecule has 2 aliphatic rings. The molecule has 1 aliphatic heterocycles. The van der Waals surface area contributed by atoms with Crippen LogP contribution < -0.4 is 5.32 Å². The molecule has 0 radical (unpaired) electrons. The van der Waals surface area contributed by atoms with Gasteiger partial charge in [-0.3, -0.25) is 10.1 Å². The third-order valence-corrected chi connectivity index (χ3v) is 5.06. The first kappa shape index (κ1) is 13.1. The van der Waals surface area contributed by atoms with Crippen LogP contribution in [0.2, 0.25) is 0 Å². The van der Waals surface area contributed by atoms with Crippen molar-refractivity contribution in [2.75, 3.05) is 6.54 Å². The van der Waals surface area contributed by atoms with Crippen LogP contribution in [0.15, 0.2) is 12.1 Å². The third kappa shape index (κ3) is 2.70. The van der Waals surface area contributed by atoms with Crippen molar-refractivity contribution < 1.29 is 4.79 Å². The van der Waals surface area contributed by atoms with E-state index in [1.165, 1.54) is 22.6 Å². The normalized spacial score (nSPS) is 27.3. The van der Waals surface area contributed by atoms with Crippen molar-refractivity contribution in [2.24, 2.45) is 5.92 Å². The number of thiophene rings is 1. The van der Waals surface area contributed by atoms with Crippen molar-refractivity contribution in [1.82, 2.24) is 10.2 Å². The van der Waals surface area contributed by atoms with E-state index >= 15 is 0 Å². The van der Waals surface area contributed by atoms with Crippen LogP contribution in [0.25, 0.3) is 0 Å². The molecular weight excluding hydrogens is 256 g/mol. The summed E-state index contributed by atoms with van der Waals surface area (Å²) in [5.74, 6) is 1.06. The number of hydrogen-bond acceptors (Lipinski definition) is 3. The maximum absolute atomic E-state index is 12.5. The molecule has 1 aromatic heterocycles. The Balaban J connectivity index is 1.80. The Morgan fingerprint density at radius 2 is 2.21 bits per heavy atom. The van der Waals surface area contributed by atoms with Crippen LogP contribution in [0, 0.1) is 12.8 Å². The molecule has 2 heterocycles. The molecule has 3 nitrogen and oxygen atoms in total. The summed E-state index contributed by atoms with van der Waals surface area (Å²) >= 11 is 1.80. The van der Waals surface area contributed by atoms with Crippen LogP contribution >= 0.6 is 11.3 Å². The Morgan fingerprint density at radius 3 is 2.79 bits per heavy atom. The van der Waals surface area contributed by atoms with E-state index in [0.717, 1.165) is 25.3 Å². The lowest BCUT2D eigenvalue weighted by molar-refractivity contribution is -0.130. The molecule has 19 heavy (non-hydrogen) atoms. The van der Waals surface area contributed by atoms with E-state index in [1.807, 2.05) is 0 Å². The summed E-state index contributed by atoms with van der Waals surface area (Å²) in [6, 6.07) is 4.34. The Labute approximate surface area is 119 Å². The number of nitrogens with zero attached hydrogens (tertiary/aromatic N) is 1. The van der Waals surface area contributed by atoms with E-state index in [-0.39, 0.29) is 12.2 Å². The average molecular weight is 278 g/mol. The first-order valence-corrected chi connectivity index (χ1v) is 8.13. The zero-order chi connectivity index (χ0) is 13.4. The van der Waals surface area contributed by atoms with Gasteiger partial charge in [0.25, 0.3) is 0 Å². The second-order valence-corrected chi connectivity index (χ2v) is 7.11. The fraction of sp³-hybridized carbons (Fsp3) is 0.667. The molecule has 3 rings (SSSR count). The summed E-state index contributed by atoms with van der Waals surface area (Å²) in [5, 5.41) is 3.54. The van der Waals surface area contributed by atoms with E-state index in [1.54, 1.807) is 11.3 Å². The van der Waals surface area contributed by atoms with Crippen LogP contribution in [-0.2, 0) is 4.79 Å². The predicted octanol–water partition coefficient (Wildman–Crippen LogP) is 3.07. The lowest BCUT2D eigenvalue weighted by atomic mass is 10.1. The maximum atomic E-state index is 12.5. The van der Waals surface area contributed by atoms with E-state index < -0.39 is 0 Å². The van der Waals surface area contributed by atoms with Crippen molar-refractivity contribution in [3.8, 4) is 0 Å². The van der Waals surface area contributed by atoms with E-state index in [9.17, 15) is 4.79 Å². The molecule has 2 unspecified atom stereocenters. The molecule has 4 heteroatoms. The number of hydrogen-bond donors (Lipinski definition) is 1. The Bertz CT molecular complexity index is 466. The average Bonchev–Trinajstić information content (AvgIpc) is 3.03. The molecule has 1 saturated carbocycles. The molecule has 1 saturated heterocycles. The van der Waals surface area contributed by atoms with E-state index in [4.69, 9.17) is 0 Å². The summed E-state index contributed by atoms with van der Waals surface area (Å²) in [7, 11) is 0.